The monoisotopic (exact) mass is 401 g/mol. The van der Waals surface area contributed by atoms with Crippen molar-refractivity contribution in [2.24, 2.45) is 4.99 Å². The molecule has 158 valence electrons. The molecule has 0 aliphatic carbocycles. The molecule has 0 unspecified atom stereocenters. The van der Waals surface area contributed by atoms with Gasteiger partial charge in [-0.15, -0.1) is 0 Å². The van der Waals surface area contributed by atoms with Gasteiger partial charge in [0.25, 0.3) is 5.91 Å². The Morgan fingerprint density at radius 1 is 0.821 bits per heavy atom. The molecule has 0 aromatic rings. The zero-order valence-electron chi connectivity index (χ0n) is 15.8. The summed E-state index contributed by atoms with van der Waals surface area (Å²) in [5, 5.41) is 29.7. The van der Waals surface area contributed by atoms with Crippen LogP contribution in [-0.4, -0.2) is 132 Å². The van der Waals surface area contributed by atoms with E-state index in [4.69, 9.17) is 15.3 Å². The molecule has 1 aliphatic rings. The number of hydrogen-bond acceptors (Lipinski definition) is 8. The minimum atomic E-state index is -1.07. The van der Waals surface area contributed by atoms with Gasteiger partial charge in [0, 0.05) is 46.3 Å². The highest BCUT2D eigenvalue weighted by Gasteiger charge is 2.21. The average Bonchev–Trinajstić information content (AvgIpc) is 2.59. The quantitative estimate of drug-likeness (QED) is 0.354. The highest BCUT2D eigenvalue weighted by Crippen LogP contribution is 2.00. The van der Waals surface area contributed by atoms with Crippen LogP contribution in [0.15, 0.2) is 4.99 Å². The predicted octanol–water partition coefficient (Wildman–Crippen LogP) is -2.65. The molecule has 0 saturated carbocycles. The summed E-state index contributed by atoms with van der Waals surface area (Å²) in [5.74, 6) is -3.56. The van der Waals surface area contributed by atoms with Crippen LogP contribution in [0.1, 0.15) is 0 Å². The number of carboxylic acid groups (broad SMARTS) is 3. The molecule has 28 heavy (non-hydrogen) atoms. The Labute approximate surface area is 162 Å². The molecular weight excluding hydrogens is 374 g/mol. The van der Waals surface area contributed by atoms with E-state index in [1.54, 1.807) is 9.80 Å². The van der Waals surface area contributed by atoms with Crippen molar-refractivity contribution in [2.45, 2.75) is 0 Å². The molecule has 12 nitrogen and oxygen atoms in total. The maximum absolute atomic E-state index is 12.1. The summed E-state index contributed by atoms with van der Waals surface area (Å²) in [5.41, 5.74) is 0.143. The van der Waals surface area contributed by atoms with E-state index >= 15 is 0 Å². The molecule has 0 aromatic carbocycles. The number of aliphatic carboxylic acids is 3. The molecule has 1 heterocycles. The maximum Gasteiger partial charge on any atom is 0.317 e. The average molecular weight is 401 g/mol. The van der Waals surface area contributed by atoms with Crippen LogP contribution < -0.4 is 5.32 Å². The summed E-state index contributed by atoms with van der Waals surface area (Å²) >= 11 is 0. The summed E-state index contributed by atoms with van der Waals surface area (Å²) in [7, 11) is 1.44. The van der Waals surface area contributed by atoms with Crippen molar-refractivity contribution in [3.8, 4) is 0 Å². The van der Waals surface area contributed by atoms with Crippen molar-refractivity contribution < 1.29 is 34.5 Å². The third-order valence-corrected chi connectivity index (χ3v) is 4.12. The number of carbonyl (C=O) groups is 4. The molecule has 4 N–H and O–H groups in total. The fraction of sp³-hybridized carbons (Fsp3) is 0.688. The van der Waals surface area contributed by atoms with Gasteiger partial charge in [-0.2, -0.15) is 0 Å². The highest BCUT2D eigenvalue weighted by atomic mass is 16.4. The van der Waals surface area contributed by atoms with Crippen LogP contribution in [0, 0.1) is 0 Å². The zero-order valence-corrected chi connectivity index (χ0v) is 15.8. The van der Waals surface area contributed by atoms with Gasteiger partial charge in [-0.1, -0.05) is 0 Å². The summed E-state index contributed by atoms with van der Waals surface area (Å²) in [6.07, 6.45) is 0. The van der Waals surface area contributed by atoms with Crippen molar-refractivity contribution in [3.05, 3.63) is 0 Å². The van der Waals surface area contributed by atoms with E-state index in [1.807, 2.05) is 0 Å². The lowest BCUT2D eigenvalue weighted by Crippen LogP contribution is -2.47. The van der Waals surface area contributed by atoms with Gasteiger partial charge in [-0.25, -0.2) is 0 Å². The largest absolute Gasteiger partial charge is 0.480 e. The maximum atomic E-state index is 12.1. The van der Waals surface area contributed by atoms with Crippen molar-refractivity contribution in [3.63, 3.8) is 0 Å². The van der Waals surface area contributed by atoms with Crippen LogP contribution in [-0.2, 0) is 19.2 Å². The second-order valence-corrected chi connectivity index (χ2v) is 6.35. The van der Waals surface area contributed by atoms with Gasteiger partial charge in [-0.3, -0.25) is 38.9 Å². The van der Waals surface area contributed by atoms with E-state index in [0.29, 0.717) is 13.1 Å². The molecule has 1 rings (SSSR count). The first kappa shape index (κ1) is 23.5. The Morgan fingerprint density at radius 2 is 1.25 bits per heavy atom. The van der Waals surface area contributed by atoms with Crippen molar-refractivity contribution in [2.75, 3.05) is 72.5 Å². The number of nitrogens with zero attached hydrogens (tertiary/aromatic N) is 4. The second-order valence-electron chi connectivity index (χ2n) is 6.35. The van der Waals surface area contributed by atoms with Gasteiger partial charge in [0.1, 0.15) is 5.71 Å². The SMILES string of the molecule is CNC(=O)C1=NCCN(CC(=O)O)CCN(CC(=O)O)CCN(CC(=O)O)C1. The fourth-order valence-corrected chi connectivity index (χ4v) is 2.77. The smallest absolute Gasteiger partial charge is 0.317 e. The Morgan fingerprint density at radius 3 is 1.71 bits per heavy atom. The zero-order chi connectivity index (χ0) is 21.1. The van der Waals surface area contributed by atoms with Crippen molar-refractivity contribution >= 4 is 29.5 Å². The van der Waals surface area contributed by atoms with Crippen molar-refractivity contribution in [1.29, 1.82) is 0 Å². The molecule has 0 saturated heterocycles. The number of amides is 1. The van der Waals surface area contributed by atoms with Crippen LogP contribution in [0.2, 0.25) is 0 Å². The first-order valence-electron chi connectivity index (χ1n) is 8.79. The first-order chi connectivity index (χ1) is 13.2. The summed E-state index contributed by atoms with van der Waals surface area (Å²) in [6.45, 7) is 0.720. The topological polar surface area (TPSA) is 163 Å². The molecule has 1 aliphatic heterocycles. The Balaban J connectivity index is 3.05. The molecule has 0 atom stereocenters. The Hall–Kier alpha value is -2.57. The van der Waals surface area contributed by atoms with Crippen LogP contribution in [0.4, 0.5) is 0 Å². The number of aliphatic imine (C=N–C) groups is 1. The molecular formula is C16H27N5O7. The van der Waals surface area contributed by atoms with Crippen LogP contribution >= 0.6 is 0 Å². The van der Waals surface area contributed by atoms with Gasteiger partial charge in [0.05, 0.1) is 26.2 Å². The first-order valence-corrected chi connectivity index (χ1v) is 8.79. The number of carboxylic acids is 3. The summed E-state index contributed by atoms with van der Waals surface area (Å²) < 4.78 is 0. The lowest BCUT2D eigenvalue weighted by molar-refractivity contribution is -0.140. The molecule has 12 heteroatoms. The van der Waals surface area contributed by atoms with E-state index in [-0.39, 0.29) is 58.1 Å². The van der Waals surface area contributed by atoms with Crippen molar-refractivity contribution in [1.82, 2.24) is 20.0 Å². The highest BCUT2D eigenvalue weighted by molar-refractivity contribution is 6.39. The van der Waals surface area contributed by atoms with E-state index in [9.17, 15) is 19.2 Å². The van der Waals surface area contributed by atoms with Crippen LogP contribution in [0.3, 0.4) is 0 Å². The van der Waals surface area contributed by atoms with Gasteiger partial charge >= 0.3 is 17.9 Å². The molecule has 0 aromatic heterocycles. The molecule has 0 radical (unpaired) electrons. The summed E-state index contributed by atoms with van der Waals surface area (Å²) in [6, 6.07) is 0. The van der Waals surface area contributed by atoms with Gasteiger partial charge in [0.15, 0.2) is 0 Å². The van der Waals surface area contributed by atoms with E-state index in [1.165, 1.54) is 11.9 Å². The van der Waals surface area contributed by atoms with Gasteiger partial charge in [0.2, 0.25) is 0 Å². The minimum absolute atomic E-state index is 0.00812. The van der Waals surface area contributed by atoms with E-state index in [0.717, 1.165) is 0 Å². The van der Waals surface area contributed by atoms with E-state index in [2.05, 4.69) is 10.3 Å². The number of hydrogen-bond donors (Lipinski definition) is 4. The molecule has 0 fully saturated rings. The Bertz CT molecular complexity index is 610. The number of nitrogens with one attached hydrogen (secondary N) is 1. The third-order valence-electron chi connectivity index (χ3n) is 4.12. The molecule has 1 amide bonds. The third kappa shape index (κ3) is 9.39. The van der Waals surface area contributed by atoms with Crippen LogP contribution in [0.25, 0.3) is 0 Å². The number of carbonyl (C=O) groups excluding carboxylic acids is 1. The lowest BCUT2D eigenvalue weighted by atomic mass is 10.2. The predicted molar refractivity (Wildman–Crippen MR) is 98.6 cm³/mol. The van der Waals surface area contributed by atoms with Crippen LogP contribution in [0.5, 0.6) is 0 Å². The summed E-state index contributed by atoms with van der Waals surface area (Å²) in [4.78, 5) is 54.4. The van der Waals surface area contributed by atoms with Gasteiger partial charge < -0.3 is 20.6 Å². The minimum Gasteiger partial charge on any atom is -0.480 e. The second kappa shape index (κ2) is 12.0. The van der Waals surface area contributed by atoms with E-state index < -0.39 is 23.8 Å². The Kier molecular flexibility index (Phi) is 10.1. The lowest BCUT2D eigenvalue weighted by Gasteiger charge is -2.29. The molecule has 0 spiro atoms. The van der Waals surface area contributed by atoms with Gasteiger partial charge in [-0.05, 0) is 0 Å². The fourth-order valence-electron chi connectivity index (χ4n) is 2.77. The normalized spacial score (nSPS) is 18.4. The standard InChI is InChI=1S/C16H27N5O7/c1-17-16(28)12-8-21(11-15(26)27)7-6-20(10-14(24)25)5-4-19(3-2-18-12)9-13(22)23/h2-11H2,1H3,(H,17,28)(H,22,23)(H,24,25)(H,26,27). The molecule has 0 bridgehead atoms. The number of rotatable bonds is 7.